The first kappa shape index (κ1) is 21.9. The van der Waals surface area contributed by atoms with Gasteiger partial charge in [-0.25, -0.2) is 0 Å². The molecule has 0 unspecified atom stereocenters. The molecule has 1 amide bonds. The molecular weight excluding hydrogens is 384 g/mol. The van der Waals surface area contributed by atoms with Gasteiger partial charge in [0, 0.05) is 39.4 Å². The summed E-state index contributed by atoms with van der Waals surface area (Å²) in [5.41, 5.74) is 0.510. The van der Waals surface area contributed by atoms with Crippen LogP contribution in [0.4, 0.5) is 0 Å². The molecule has 1 saturated heterocycles. The Labute approximate surface area is 177 Å². The van der Waals surface area contributed by atoms with Crippen LogP contribution in [0.5, 0.6) is 11.5 Å². The Morgan fingerprint density at radius 3 is 2.80 bits per heavy atom. The zero-order chi connectivity index (χ0) is 21.2. The van der Waals surface area contributed by atoms with Crippen LogP contribution in [-0.4, -0.2) is 63.9 Å². The van der Waals surface area contributed by atoms with Crippen molar-refractivity contribution < 1.29 is 23.4 Å². The van der Waals surface area contributed by atoms with Gasteiger partial charge in [0.1, 0.15) is 23.4 Å². The first-order chi connectivity index (χ1) is 14.7. The Balaban J connectivity index is 1.54. The van der Waals surface area contributed by atoms with Gasteiger partial charge < -0.3 is 23.9 Å². The Morgan fingerprint density at radius 1 is 1.27 bits per heavy atom. The minimum Gasteiger partial charge on any atom is -0.497 e. The van der Waals surface area contributed by atoms with Gasteiger partial charge in [-0.2, -0.15) is 0 Å². The molecule has 0 atom stereocenters. The Kier molecular flexibility index (Phi) is 8.35. The van der Waals surface area contributed by atoms with Crippen molar-refractivity contribution in [2.45, 2.75) is 18.9 Å². The fraction of sp³-hybridized carbons (Fsp3) is 0.435. The highest BCUT2D eigenvalue weighted by molar-refractivity contribution is 5.97. The monoisotopic (exact) mass is 414 g/mol. The van der Waals surface area contributed by atoms with Crippen LogP contribution in [0.2, 0.25) is 0 Å². The number of methoxy groups -OCH3 is 2. The molecule has 2 aromatic rings. The summed E-state index contributed by atoms with van der Waals surface area (Å²) in [5, 5.41) is 2.85. The van der Waals surface area contributed by atoms with Crippen molar-refractivity contribution >= 4 is 12.0 Å². The molecule has 0 spiro atoms. The third-order valence-electron chi connectivity index (χ3n) is 5.04. The molecule has 1 fully saturated rings. The lowest BCUT2D eigenvalue weighted by atomic mass is 10.1. The molecule has 7 nitrogen and oxygen atoms in total. The summed E-state index contributed by atoms with van der Waals surface area (Å²) in [6, 6.07) is 9.11. The summed E-state index contributed by atoms with van der Waals surface area (Å²) in [6.07, 6.45) is 7.64. The van der Waals surface area contributed by atoms with Crippen LogP contribution < -0.4 is 14.8 Å². The number of piperidine rings is 1. The van der Waals surface area contributed by atoms with E-state index in [1.54, 1.807) is 38.7 Å². The number of likely N-dealkylation sites (tertiary alicyclic amines) is 1. The van der Waals surface area contributed by atoms with Crippen LogP contribution in [-0.2, 0) is 4.74 Å². The number of nitrogens with zero attached hydrogens (tertiary/aromatic N) is 1. The van der Waals surface area contributed by atoms with Crippen molar-refractivity contribution in [3.05, 3.63) is 54.0 Å². The molecule has 0 aliphatic carbocycles. The van der Waals surface area contributed by atoms with Gasteiger partial charge in [-0.05, 0) is 43.2 Å². The predicted molar refractivity (Wildman–Crippen MR) is 115 cm³/mol. The van der Waals surface area contributed by atoms with E-state index in [4.69, 9.17) is 18.6 Å². The summed E-state index contributed by atoms with van der Waals surface area (Å²) >= 11 is 0. The number of nitrogens with one attached hydrogen (secondary N) is 1. The zero-order valence-corrected chi connectivity index (χ0v) is 17.6. The van der Waals surface area contributed by atoms with Crippen molar-refractivity contribution in [3.8, 4) is 11.5 Å². The number of rotatable bonds is 10. The average Bonchev–Trinajstić information content (AvgIpc) is 3.28. The van der Waals surface area contributed by atoms with Gasteiger partial charge in [0.2, 0.25) is 0 Å². The number of amides is 1. The van der Waals surface area contributed by atoms with Crippen molar-refractivity contribution in [1.82, 2.24) is 10.2 Å². The van der Waals surface area contributed by atoms with Crippen LogP contribution in [0.15, 0.2) is 47.1 Å². The Hall–Kier alpha value is -2.77. The molecule has 0 radical (unpaired) electrons. The number of furan rings is 1. The molecule has 1 aliphatic heterocycles. The van der Waals surface area contributed by atoms with Crippen molar-refractivity contribution in [3.63, 3.8) is 0 Å². The molecule has 7 heteroatoms. The molecule has 0 bridgehead atoms. The van der Waals surface area contributed by atoms with Gasteiger partial charge in [0.15, 0.2) is 0 Å². The average molecular weight is 415 g/mol. The third-order valence-corrected chi connectivity index (χ3v) is 5.04. The lowest BCUT2D eigenvalue weighted by Crippen LogP contribution is -2.38. The standard InChI is InChI=1S/C23H30N2O5/c1-27-16-11-24-23(26)21-8-7-20(28-2)17-22(21)30-19-9-13-25(14-10-19)12-3-5-18-6-4-15-29-18/h3-8,15,17,19H,9-14,16H2,1-2H3,(H,24,26). The van der Waals surface area contributed by atoms with E-state index in [9.17, 15) is 4.79 Å². The Morgan fingerprint density at radius 2 is 2.10 bits per heavy atom. The van der Waals surface area contributed by atoms with Crippen LogP contribution in [0.1, 0.15) is 29.0 Å². The number of carbonyl (C=O) groups excluding carboxylic acids is 1. The zero-order valence-electron chi connectivity index (χ0n) is 17.6. The molecule has 1 aliphatic rings. The second-order valence-electron chi connectivity index (χ2n) is 7.15. The lowest BCUT2D eigenvalue weighted by Gasteiger charge is -2.31. The predicted octanol–water partition coefficient (Wildman–Crippen LogP) is 3.22. The van der Waals surface area contributed by atoms with Gasteiger partial charge in [0.05, 0.1) is 25.5 Å². The van der Waals surface area contributed by atoms with Gasteiger partial charge >= 0.3 is 0 Å². The summed E-state index contributed by atoms with van der Waals surface area (Å²) in [5.74, 6) is 1.91. The van der Waals surface area contributed by atoms with Crippen molar-refractivity contribution in [2.24, 2.45) is 0 Å². The van der Waals surface area contributed by atoms with E-state index in [2.05, 4.69) is 16.3 Å². The number of carbonyl (C=O) groups is 1. The number of hydrogen-bond acceptors (Lipinski definition) is 6. The fourth-order valence-corrected chi connectivity index (χ4v) is 3.37. The first-order valence-corrected chi connectivity index (χ1v) is 10.2. The maximum atomic E-state index is 12.5. The van der Waals surface area contributed by atoms with Gasteiger partial charge in [-0.3, -0.25) is 9.69 Å². The summed E-state index contributed by atoms with van der Waals surface area (Å²) in [6.45, 7) is 3.66. The minimum absolute atomic E-state index is 0.0629. The second kappa shape index (κ2) is 11.4. The van der Waals surface area contributed by atoms with E-state index in [-0.39, 0.29) is 12.0 Å². The molecule has 1 N–H and O–H groups in total. The van der Waals surface area contributed by atoms with Crippen LogP contribution in [0.3, 0.4) is 0 Å². The number of hydrogen-bond donors (Lipinski definition) is 1. The van der Waals surface area contributed by atoms with Crippen LogP contribution in [0, 0.1) is 0 Å². The third kappa shape index (κ3) is 6.37. The van der Waals surface area contributed by atoms with E-state index in [0.717, 1.165) is 38.2 Å². The minimum atomic E-state index is -0.176. The van der Waals surface area contributed by atoms with E-state index in [1.165, 1.54) is 0 Å². The smallest absolute Gasteiger partial charge is 0.255 e. The molecule has 1 aromatic heterocycles. The summed E-state index contributed by atoms with van der Waals surface area (Å²) < 4.78 is 21.9. The highest BCUT2D eigenvalue weighted by Crippen LogP contribution is 2.28. The normalized spacial score (nSPS) is 15.4. The van der Waals surface area contributed by atoms with Gasteiger partial charge in [0.25, 0.3) is 5.91 Å². The lowest BCUT2D eigenvalue weighted by molar-refractivity contribution is 0.0905. The molecule has 162 valence electrons. The van der Waals surface area contributed by atoms with E-state index < -0.39 is 0 Å². The maximum Gasteiger partial charge on any atom is 0.255 e. The molecular formula is C23H30N2O5. The Bertz CT molecular complexity index is 811. The molecule has 30 heavy (non-hydrogen) atoms. The van der Waals surface area contributed by atoms with E-state index in [0.29, 0.717) is 30.2 Å². The van der Waals surface area contributed by atoms with Crippen molar-refractivity contribution in [1.29, 1.82) is 0 Å². The summed E-state index contributed by atoms with van der Waals surface area (Å²) in [7, 11) is 3.21. The van der Waals surface area contributed by atoms with Gasteiger partial charge in [-0.15, -0.1) is 0 Å². The highest BCUT2D eigenvalue weighted by atomic mass is 16.5. The van der Waals surface area contributed by atoms with Crippen LogP contribution >= 0.6 is 0 Å². The topological polar surface area (TPSA) is 73.2 Å². The van der Waals surface area contributed by atoms with E-state index in [1.807, 2.05) is 18.2 Å². The largest absolute Gasteiger partial charge is 0.497 e. The van der Waals surface area contributed by atoms with Crippen LogP contribution in [0.25, 0.3) is 6.08 Å². The second-order valence-corrected chi connectivity index (χ2v) is 7.15. The summed E-state index contributed by atoms with van der Waals surface area (Å²) in [4.78, 5) is 14.9. The van der Waals surface area contributed by atoms with Crippen molar-refractivity contribution in [2.75, 3.05) is 47.0 Å². The molecule has 0 saturated carbocycles. The fourth-order valence-electron chi connectivity index (χ4n) is 3.37. The number of benzene rings is 1. The molecule has 1 aromatic carbocycles. The SMILES string of the molecule is COCCNC(=O)c1ccc(OC)cc1OC1CCN(CC=Cc2ccco2)CC1. The van der Waals surface area contributed by atoms with E-state index >= 15 is 0 Å². The highest BCUT2D eigenvalue weighted by Gasteiger charge is 2.22. The maximum absolute atomic E-state index is 12.5. The number of ether oxygens (including phenoxy) is 3. The quantitative estimate of drug-likeness (QED) is 0.602. The first-order valence-electron chi connectivity index (χ1n) is 10.2. The van der Waals surface area contributed by atoms with Gasteiger partial charge in [-0.1, -0.05) is 6.08 Å². The molecule has 3 rings (SSSR count). The molecule has 2 heterocycles.